The van der Waals surface area contributed by atoms with E-state index in [-0.39, 0.29) is 6.54 Å². The summed E-state index contributed by atoms with van der Waals surface area (Å²) in [4.78, 5) is 19.0. The Morgan fingerprint density at radius 2 is 1.86 bits per heavy atom. The maximum absolute atomic E-state index is 14.1. The zero-order valence-electron chi connectivity index (χ0n) is 15.8. The number of aliphatic imine (C=N–C) groups is 1. The average Bonchev–Trinajstić information content (AvgIpc) is 2.77. The van der Waals surface area contributed by atoms with Gasteiger partial charge in [0.25, 0.3) is 0 Å². The lowest BCUT2D eigenvalue weighted by Gasteiger charge is -2.28. The van der Waals surface area contributed by atoms with Crippen LogP contribution in [0.5, 0.6) is 0 Å². The molecular weight excluding hydrogens is 371 g/mol. The fraction of sp³-hybridized carbons (Fsp3) is 0.238. The third-order valence-electron chi connectivity index (χ3n) is 4.39. The second kappa shape index (κ2) is 9.20. The Bertz CT molecular complexity index is 959. The summed E-state index contributed by atoms with van der Waals surface area (Å²) in [6, 6.07) is 13.7. The molecule has 1 aliphatic heterocycles. The van der Waals surface area contributed by atoms with Crippen molar-refractivity contribution in [1.29, 1.82) is 0 Å². The molecule has 0 spiro atoms. The molecule has 7 nitrogen and oxygen atoms in total. The lowest BCUT2D eigenvalue weighted by Crippen LogP contribution is -2.37. The van der Waals surface area contributed by atoms with Crippen molar-refractivity contribution in [2.75, 3.05) is 36.5 Å². The van der Waals surface area contributed by atoms with Crippen LogP contribution in [-0.2, 0) is 11.3 Å². The molecule has 1 fully saturated rings. The van der Waals surface area contributed by atoms with Crippen molar-refractivity contribution in [3.8, 4) is 0 Å². The van der Waals surface area contributed by atoms with Gasteiger partial charge in [-0.25, -0.2) is 14.4 Å². The van der Waals surface area contributed by atoms with Crippen LogP contribution >= 0.6 is 0 Å². The fourth-order valence-electron chi connectivity index (χ4n) is 2.93. The molecule has 8 heteroatoms. The van der Waals surface area contributed by atoms with Gasteiger partial charge in [-0.2, -0.15) is 0 Å². The number of para-hydroxylation sites is 1. The zero-order chi connectivity index (χ0) is 19.9. The molecule has 0 bridgehead atoms. The van der Waals surface area contributed by atoms with Gasteiger partial charge in [0.05, 0.1) is 43.5 Å². The SMILES string of the molecule is Fc1cnc(CN=Cc2ccc(Nc3ccccc3)cn2)nc1N1CCOCC1. The highest BCUT2D eigenvalue weighted by atomic mass is 19.1. The van der Waals surface area contributed by atoms with Crippen molar-refractivity contribution in [3.05, 3.63) is 72.2 Å². The van der Waals surface area contributed by atoms with Gasteiger partial charge in [-0.3, -0.25) is 9.98 Å². The highest BCUT2D eigenvalue weighted by molar-refractivity contribution is 5.77. The second-order valence-corrected chi connectivity index (χ2v) is 6.49. The Labute approximate surface area is 168 Å². The van der Waals surface area contributed by atoms with Crippen LogP contribution in [0, 0.1) is 5.82 Å². The molecule has 3 aromatic rings. The first-order chi connectivity index (χ1) is 14.3. The van der Waals surface area contributed by atoms with Crippen molar-refractivity contribution in [1.82, 2.24) is 15.0 Å². The average molecular weight is 392 g/mol. The number of hydrogen-bond donors (Lipinski definition) is 1. The minimum atomic E-state index is -0.428. The van der Waals surface area contributed by atoms with E-state index in [9.17, 15) is 4.39 Å². The molecule has 1 aromatic carbocycles. The van der Waals surface area contributed by atoms with E-state index in [1.165, 1.54) is 6.20 Å². The van der Waals surface area contributed by atoms with Crippen molar-refractivity contribution in [2.24, 2.45) is 4.99 Å². The Balaban J connectivity index is 1.37. The maximum atomic E-state index is 14.1. The highest BCUT2D eigenvalue weighted by Crippen LogP contribution is 2.17. The van der Waals surface area contributed by atoms with Gasteiger partial charge in [-0.05, 0) is 24.3 Å². The number of nitrogens with zero attached hydrogens (tertiary/aromatic N) is 5. The summed E-state index contributed by atoms with van der Waals surface area (Å²) in [7, 11) is 0. The van der Waals surface area contributed by atoms with Gasteiger partial charge in [-0.15, -0.1) is 0 Å². The molecule has 1 N–H and O–H groups in total. The molecule has 0 unspecified atom stereocenters. The number of halogens is 1. The quantitative estimate of drug-likeness (QED) is 0.650. The molecule has 0 radical (unpaired) electrons. The largest absolute Gasteiger partial charge is 0.378 e. The summed E-state index contributed by atoms with van der Waals surface area (Å²) in [5.41, 5.74) is 2.62. The molecule has 29 heavy (non-hydrogen) atoms. The van der Waals surface area contributed by atoms with E-state index in [0.29, 0.717) is 37.9 Å². The molecule has 0 amide bonds. The van der Waals surface area contributed by atoms with Crippen LogP contribution in [0.2, 0.25) is 0 Å². The van der Waals surface area contributed by atoms with Crippen LogP contribution in [-0.4, -0.2) is 47.5 Å². The van der Waals surface area contributed by atoms with Gasteiger partial charge in [0.15, 0.2) is 17.5 Å². The van der Waals surface area contributed by atoms with Crippen LogP contribution in [0.4, 0.5) is 21.6 Å². The Hall–Kier alpha value is -3.39. The summed E-state index contributed by atoms with van der Waals surface area (Å²) >= 11 is 0. The van der Waals surface area contributed by atoms with E-state index in [4.69, 9.17) is 4.74 Å². The Kier molecular flexibility index (Phi) is 6.01. The third-order valence-corrected chi connectivity index (χ3v) is 4.39. The van der Waals surface area contributed by atoms with E-state index < -0.39 is 5.82 Å². The van der Waals surface area contributed by atoms with Gasteiger partial charge in [0.2, 0.25) is 0 Å². The summed E-state index contributed by atoms with van der Waals surface area (Å²) < 4.78 is 19.4. The lowest BCUT2D eigenvalue weighted by molar-refractivity contribution is 0.122. The standard InChI is InChI=1S/C21H21FN6O/c22-19-14-25-20(27-21(19)28-8-10-29-11-9-28)15-23-12-17-6-7-18(13-24-17)26-16-4-2-1-3-5-16/h1-7,12-14,26H,8-11,15H2. The van der Waals surface area contributed by atoms with E-state index >= 15 is 0 Å². The summed E-state index contributed by atoms with van der Waals surface area (Å²) in [5, 5.41) is 3.28. The second-order valence-electron chi connectivity index (χ2n) is 6.49. The van der Waals surface area contributed by atoms with Crippen LogP contribution in [0.15, 0.2) is 59.9 Å². The number of pyridine rings is 1. The Morgan fingerprint density at radius 3 is 2.62 bits per heavy atom. The summed E-state index contributed by atoms with van der Waals surface area (Å²) in [6.07, 6.45) is 4.61. The first-order valence-corrected chi connectivity index (χ1v) is 9.40. The number of morpholine rings is 1. The highest BCUT2D eigenvalue weighted by Gasteiger charge is 2.17. The minimum Gasteiger partial charge on any atom is -0.378 e. The smallest absolute Gasteiger partial charge is 0.183 e. The van der Waals surface area contributed by atoms with Crippen molar-refractivity contribution >= 4 is 23.4 Å². The number of aromatic nitrogens is 3. The van der Waals surface area contributed by atoms with Crippen LogP contribution < -0.4 is 10.2 Å². The van der Waals surface area contributed by atoms with E-state index in [1.807, 2.05) is 47.4 Å². The van der Waals surface area contributed by atoms with E-state index in [0.717, 1.165) is 17.1 Å². The van der Waals surface area contributed by atoms with Gasteiger partial charge >= 0.3 is 0 Å². The number of nitrogens with one attached hydrogen (secondary N) is 1. The molecule has 1 saturated heterocycles. The van der Waals surface area contributed by atoms with Crippen molar-refractivity contribution in [3.63, 3.8) is 0 Å². The van der Waals surface area contributed by atoms with Crippen LogP contribution in [0.25, 0.3) is 0 Å². The van der Waals surface area contributed by atoms with Crippen molar-refractivity contribution in [2.45, 2.75) is 6.54 Å². The number of ether oxygens (including phenoxy) is 1. The minimum absolute atomic E-state index is 0.253. The number of benzene rings is 1. The first kappa shape index (κ1) is 18.9. The zero-order valence-corrected chi connectivity index (χ0v) is 15.8. The summed E-state index contributed by atoms with van der Waals surface area (Å²) in [5.74, 6) is 0.345. The van der Waals surface area contributed by atoms with Gasteiger partial charge < -0.3 is 15.0 Å². The number of hydrogen-bond acceptors (Lipinski definition) is 7. The summed E-state index contributed by atoms with van der Waals surface area (Å²) in [6.45, 7) is 2.62. The predicted molar refractivity (Wildman–Crippen MR) is 110 cm³/mol. The van der Waals surface area contributed by atoms with Gasteiger partial charge in [0, 0.05) is 25.0 Å². The van der Waals surface area contributed by atoms with E-state index in [1.54, 1.807) is 12.4 Å². The number of anilines is 3. The molecule has 4 rings (SSSR count). The molecule has 0 aliphatic carbocycles. The normalized spacial score (nSPS) is 14.3. The monoisotopic (exact) mass is 392 g/mol. The number of rotatable bonds is 6. The lowest BCUT2D eigenvalue weighted by atomic mass is 10.3. The van der Waals surface area contributed by atoms with Crippen LogP contribution in [0.3, 0.4) is 0 Å². The van der Waals surface area contributed by atoms with Crippen LogP contribution in [0.1, 0.15) is 11.5 Å². The van der Waals surface area contributed by atoms with Crippen molar-refractivity contribution < 1.29 is 9.13 Å². The fourth-order valence-corrected chi connectivity index (χ4v) is 2.93. The molecule has 2 aromatic heterocycles. The molecule has 0 saturated carbocycles. The first-order valence-electron chi connectivity index (χ1n) is 9.40. The van der Waals surface area contributed by atoms with Gasteiger partial charge in [-0.1, -0.05) is 18.2 Å². The molecule has 3 heterocycles. The predicted octanol–water partition coefficient (Wildman–Crippen LogP) is 3.21. The topological polar surface area (TPSA) is 75.5 Å². The molecule has 1 aliphatic rings. The van der Waals surface area contributed by atoms with E-state index in [2.05, 4.69) is 25.3 Å². The molecular formula is C21H21FN6O. The Morgan fingerprint density at radius 1 is 1.03 bits per heavy atom. The molecule has 148 valence electrons. The van der Waals surface area contributed by atoms with Gasteiger partial charge in [0.1, 0.15) is 0 Å². The third kappa shape index (κ3) is 5.11. The maximum Gasteiger partial charge on any atom is 0.183 e. The molecule has 0 atom stereocenters.